The van der Waals surface area contributed by atoms with Gasteiger partial charge in [-0.15, -0.1) is 0 Å². The van der Waals surface area contributed by atoms with E-state index in [0.29, 0.717) is 0 Å². The van der Waals surface area contributed by atoms with Crippen molar-refractivity contribution in [1.82, 2.24) is 5.32 Å². The minimum Gasteiger partial charge on any atom is -0.497 e. The van der Waals surface area contributed by atoms with Crippen LogP contribution in [0.3, 0.4) is 0 Å². The van der Waals surface area contributed by atoms with Crippen molar-refractivity contribution in [3.05, 3.63) is 23.8 Å². The number of hydrogen-bond acceptors (Lipinski definition) is 4. The lowest BCUT2D eigenvalue weighted by atomic mass is 10.1. The molecule has 0 aliphatic heterocycles. The highest BCUT2D eigenvalue weighted by Gasteiger charge is 2.09. The molecular weight excluding hydrogens is 216 g/mol. The lowest BCUT2D eigenvalue weighted by molar-refractivity contribution is 0.387. The Hall–Kier alpha value is -1.26. The SMILES string of the molecule is COc1ccc(CNC(C)C(C)N)c(OC)c1. The van der Waals surface area contributed by atoms with Crippen molar-refractivity contribution in [3.63, 3.8) is 0 Å². The van der Waals surface area contributed by atoms with Crippen molar-refractivity contribution in [2.24, 2.45) is 5.73 Å². The van der Waals surface area contributed by atoms with Gasteiger partial charge >= 0.3 is 0 Å². The molecule has 17 heavy (non-hydrogen) atoms. The van der Waals surface area contributed by atoms with Crippen molar-refractivity contribution in [2.75, 3.05) is 14.2 Å². The van der Waals surface area contributed by atoms with Gasteiger partial charge in [-0.05, 0) is 19.9 Å². The molecule has 0 amide bonds. The summed E-state index contributed by atoms with van der Waals surface area (Å²) in [7, 11) is 3.30. The van der Waals surface area contributed by atoms with Crippen LogP contribution in [0.1, 0.15) is 19.4 Å². The van der Waals surface area contributed by atoms with Crippen LogP contribution >= 0.6 is 0 Å². The van der Waals surface area contributed by atoms with E-state index < -0.39 is 0 Å². The number of nitrogens with two attached hydrogens (primary N) is 1. The highest BCUT2D eigenvalue weighted by atomic mass is 16.5. The van der Waals surface area contributed by atoms with E-state index in [4.69, 9.17) is 15.2 Å². The average Bonchev–Trinajstić information content (AvgIpc) is 2.35. The lowest BCUT2D eigenvalue weighted by Crippen LogP contribution is -2.40. The zero-order valence-electron chi connectivity index (χ0n) is 11.0. The van der Waals surface area contributed by atoms with Crippen molar-refractivity contribution >= 4 is 0 Å². The first-order chi connectivity index (χ1) is 8.08. The summed E-state index contributed by atoms with van der Waals surface area (Å²) in [5.41, 5.74) is 6.90. The lowest BCUT2D eigenvalue weighted by Gasteiger charge is -2.18. The Morgan fingerprint density at radius 2 is 1.94 bits per heavy atom. The van der Waals surface area contributed by atoms with Crippen LogP contribution in [-0.2, 0) is 6.54 Å². The second kappa shape index (κ2) is 6.47. The molecular formula is C13H22N2O2. The zero-order valence-corrected chi connectivity index (χ0v) is 11.0. The second-order valence-electron chi connectivity index (χ2n) is 4.21. The van der Waals surface area contributed by atoms with Crippen molar-refractivity contribution in [1.29, 1.82) is 0 Å². The number of hydrogen-bond donors (Lipinski definition) is 2. The average molecular weight is 238 g/mol. The Labute approximate surface area is 103 Å². The van der Waals surface area contributed by atoms with E-state index in [1.165, 1.54) is 0 Å². The maximum Gasteiger partial charge on any atom is 0.127 e. The summed E-state index contributed by atoms with van der Waals surface area (Å²) < 4.78 is 10.5. The summed E-state index contributed by atoms with van der Waals surface area (Å²) in [4.78, 5) is 0. The van der Waals surface area contributed by atoms with Gasteiger partial charge in [-0.1, -0.05) is 6.07 Å². The molecule has 2 unspecified atom stereocenters. The highest BCUT2D eigenvalue weighted by Crippen LogP contribution is 2.24. The van der Waals surface area contributed by atoms with Gasteiger partial charge in [0.1, 0.15) is 11.5 Å². The van der Waals surface area contributed by atoms with Gasteiger partial charge in [0.05, 0.1) is 14.2 Å². The van der Waals surface area contributed by atoms with E-state index in [9.17, 15) is 0 Å². The van der Waals surface area contributed by atoms with Crippen LogP contribution in [0.4, 0.5) is 0 Å². The van der Waals surface area contributed by atoms with Gasteiger partial charge in [-0.2, -0.15) is 0 Å². The third-order valence-electron chi connectivity index (χ3n) is 2.90. The van der Waals surface area contributed by atoms with Gasteiger partial charge in [0.25, 0.3) is 0 Å². The van der Waals surface area contributed by atoms with Crippen LogP contribution in [0.5, 0.6) is 11.5 Å². The van der Waals surface area contributed by atoms with Gasteiger partial charge < -0.3 is 20.5 Å². The number of benzene rings is 1. The van der Waals surface area contributed by atoms with E-state index in [-0.39, 0.29) is 12.1 Å². The largest absolute Gasteiger partial charge is 0.497 e. The van der Waals surface area contributed by atoms with Crippen LogP contribution in [-0.4, -0.2) is 26.3 Å². The Kier molecular flexibility index (Phi) is 5.25. The Morgan fingerprint density at radius 1 is 1.24 bits per heavy atom. The van der Waals surface area contributed by atoms with Gasteiger partial charge in [-0.25, -0.2) is 0 Å². The van der Waals surface area contributed by atoms with Crippen LogP contribution in [0.2, 0.25) is 0 Å². The predicted octanol–water partition coefficient (Wildman–Crippen LogP) is 1.53. The molecule has 2 atom stereocenters. The molecule has 96 valence electrons. The number of rotatable bonds is 6. The van der Waals surface area contributed by atoms with Crippen LogP contribution < -0.4 is 20.5 Å². The summed E-state index contributed by atoms with van der Waals surface area (Å²) in [6.45, 7) is 4.79. The van der Waals surface area contributed by atoms with Gasteiger partial charge in [-0.3, -0.25) is 0 Å². The van der Waals surface area contributed by atoms with Crippen LogP contribution in [0.15, 0.2) is 18.2 Å². The molecule has 4 heteroatoms. The van der Waals surface area contributed by atoms with Crippen molar-refractivity contribution in [3.8, 4) is 11.5 Å². The maximum atomic E-state index is 5.80. The number of nitrogens with one attached hydrogen (secondary N) is 1. The standard InChI is InChI=1S/C13H22N2O2/c1-9(14)10(2)15-8-11-5-6-12(16-3)7-13(11)17-4/h5-7,9-10,15H,8,14H2,1-4H3. The second-order valence-corrected chi connectivity index (χ2v) is 4.21. The molecule has 0 fully saturated rings. The molecule has 1 rings (SSSR count). The van der Waals surface area contributed by atoms with Gasteiger partial charge in [0.2, 0.25) is 0 Å². The predicted molar refractivity (Wildman–Crippen MR) is 69.5 cm³/mol. The minimum absolute atomic E-state index is 0.124. The molecule has 4 nitrogen and oxygen atoms in total. The maximum absolute atomic E-state index is 5.80. The van der Waals surface area contributed by atoms with Crippen molar-refractivity contribution < 1.29 is 9.47 Å². The van der Waals surface area contributed by atoms with E-state index in [2.05, 4.69) is 12.2 Å². The molecule has 0 spiro atoms. The molecule has 0 bridgehead atoms. The van der Waals surface area contributed by atoms with E-state index >= 15 is 0 Å². The first kappa shape index (κ1) is 13.8. The third kappa shape index (κ3) is 3.91. The van der Waals surface area contributed by atoms with Gasteiger partial charge in [0, 0.05) is 30.3 Å². The van der Waals surface area contributed by atoms with Crippen LogP contribution in [0, 0.1) is 0 Å². The normalized spacial score (nSPS) is 14.2. The Morgan fingerprint density at radius 3 is 2.47 bits per heavy atom. The number of methoxy groups -OCH3 is 2. The molecule has 0 aliphatic carbocycles. The molecule has 0 aliphatic rings. The van der Waals surface area contributed by atoms with Crippen LogP contribution in [0.25, 0.3) is 0 Å². The summed E-state index contributed by atoms with van der Waals surface area (Å²) in [5, 5.41) is 3.36. The molecule has 1 aromatic rings. The first-order valence-corrected chi connectivity index (χ1v) is 5.78. The highest BCUT2D eigenvalue weighted by molar-refractivity contribution is 5.40. The topological polar surface area (TPSA) is 56.5 Å². The summed E-state index contributed by atoms with van der Waals surface area (Å²) in [6, 6.07) is 6.20. The van der Waals surface area contributed by atoms with E-state index in [0.717, 1.165) is 23.6 Å². The molecule has 3 N–H and O–H groups in total. The smallest absolute Gasteiger partial charge is 0.127 e. The quantitative estimate of drug-likeness (QED) is 0.789. The Balaban J connectivity index is 2.70. The fourth-order valence-corrected chi connectivity index (χ4v) is 1.45. The van der Waals surface area contributed by atoms with Crippen molar-refractivity contribution in [2.45, 2.75) is 32.5 Å². The summed E-state index contributed by atoms with van der Waals surface area (Å²) in [5.74, 6) is 1.62. The molecule has 0 aromatic heterocycles. The minimum atomic E-state index is 0.124. The molecule has 0 radical (unpaired) electrons. The monoisotopic (exact) mass is 238 g/mol. The van der Waals surface area contributed by atoms with Gasteiger partial charge in [0.15, 0.2) is 0 Å². The fourth-order valence-electron chi connectivity index (χ4n) is 1.45. The van der Waals surface area contributed by atoms with E-state index in [1.54, 1.807) is 14.2 Å². The number of ether oxygens (including phenoxy) is 2. The Bertz CT molecular complexity index is 353. The summed E-state index contributed by atoms with van der Waals surface area (Å²) >= 11 is 0. The molecule has 0 saturated carbocycles. The van der Waals surface area contributed by atoms with E-state index in [1.807, 2.05) is 25.1 Å². The third-order valence-corrected chi connectivity index (χ3v) is 2.90. The molecule has 1 aromatic carbocycles. The first-order valence-electron chi connectivity index (χ1n) is 5.78. The molecule has 0 heterocycles. The summed E-state index contributed by atoms with van der Waals surface area (Å²) in [6.07, 6.45) is 0. The molecule has 0 saturated heterocycles. The fraction of sp³-hybridized carbons (Fsp3) is 0.538. The zero-order chi connectivity index (χ0) is 12.8.